The van der Waals surface area contributed by atoms with E-state index in [4.69, 9.17) is 4.74 Å². The summed E-state index contributed by atoms with van der Waals surface area (Å²) in [6.45, 7) is 7.83. The highest BCUT2D eigenvalue weighted by molar-refractivity contribution is 7.09. The fourth-order valence-corrected chi connectivity index (χ4v) is 3.36. The minimum Gasteiger partial charge on any atom is -0.490 e. The molecular weight excluding hydrogens is 332 g/mol. The number of ether oxygens (including phenoxy) is 1. The third-order valence-electron chi connectivity index (χ3n) is 4.13. The Bertz CT molecular complexity index is 624. The van der Waals surface area contributed by atoms with Gasteiger partial charge in [0.2, 0.25) is 5.91 Å². The molecule has 0 aliphatic rings. The first-order valence-corrected chi connectivity index (χ1v) is 9.87. The fraction of sp³-hybridized carbons (Fsp3) is 0.450. The summed E-state index contributed by atoms with van der Waals surface area (Å²) in [4.78, 5) is 15.8. The number of amides is 1. The van der Waals surface area contributed by atoms with Crippen LogP contribution in [0.3, 0.4) is 0 Å². The molecule has 136 valence electrons. The van der Waals surface area contributed by atoms with Crippen LogP contribution in [0.25, 0.3) is 0 Å². The van der Waals surface area contributed by atoms with Gasteiger partial charge in [-0.15, -0.1) is 11.3 Å². The molecule has 5 heteroatoms. The molecule has 0 unspecified atom stereocenters. The molecule has 0 radical (unpaired) electrons. The third kappa shape index (κ3) is 6.88. The van der Waals surface area contributed by atoms with Gasteiger partial charge in [0.25, 0.3) is 0 Å². The van der Waals surface area contributed by atoms with Crippen LogP contribution in [0.4, 0.5) is 5.69 Å². The molecule has 0 saturated carbocycles. The quantitative estimate of drug-likeness (QED) is 0.644. The largest absolute Gasteiger partial charge is 0.490 e. The zero-order valence-corrected chi connectivity index (χ0v) is 16.0. The number of nitrogens with one attached hydrogen (secondary N) is 1. The summed E-state index contributed by atoms with van der Waals surface area (Å²) in [5, 5.41) is 5.05. The number of thiophene rings is 1. The maximum Gasteiger partial charge on any atom is 0.224 e. The van der Waals surface area contributed by atoms with Gasteiger partial charge in [-0.05, 0) is 49.5 Å². The summed E-state index contributed by atoms with van der Waals surface area (Å²) < 4.78 is 5.88. The van der Waals surface area contributed by atoms with E-state index in [2.05, 4.69) is 35.5 Å². The van der Waals surface area contributed by atoms with E-state index < -0.39 is 0 Å². The molecular formula is C20H28N2O2S. The highest BCUT2D eigenvalue weighted by atomic mass is 32.1. The Labute approximate surface area is 154 Å². The second kappa shape index (κ2) is 10.9. The Morgan fingerprint density at radius 2 is 1.96 bits per heavy atom. The monoisotopic (exact) mass is 360 g/mol. The van der Waals surface area contributed by atoms with E-state index in [1.807, 2.05) is 30.3 Å². The summed E-state index contributed by atoms with van der Waals surface area (Å²) in [5.41, 5.74) is 0.753. The van der Waals surface area contributed by atoms with Gasteiger partial charge in [0.05, 0.1) is 5.69 Å². The highest BCUT2D eigenvalue weighted by Gasteiger charge is 2.08. The maximum atomic E-state index is 12.2. The van der Waals surface area contributed by atoms with Crippen molar-refractivity contribution in [2.24, 2.45) is 0 Å². The predicted octanol–water partition coefficient (Wildman–Crippen LogP) is 4.43. The molecule has 0 bridgehead atoms. The Balaban J connectivity index is 1.79. The van der Waals surface area contributed by atoms with Gasteiger partial charge < -0.3 is 15.0 Å². The van der Waals surface area contributed by atoms with Gasteiger partial charge in [0.1, 0.15) is 12.4 Å². The number of aryl methyl sites for hydroxylation is 1. The standard InChI is InChI=1S/C20H28N2O2S/c1-3-22(4-2)14-15-24-19-12-6-5-11-18(19)21-20(23)13-7-9-17-10-8-16-25-17/h5-6,8,10-12,16H,3-4,7,9,13-15H2,1-2H3,(H,21,23). The van der Waals surface area contributed by atoms with Crippen LogP contribution < -0.4 is 10.1 Å². The number of carbonyl (C=O) groups is 1. The van der Waals surface area contributed by atoms with Gasteiger partial charge in [-0.1, -0.05) is 32.0 Å². The smallest absolute Gasteiger partial charge is 0.224 e. The van der Waals surface area contributed by atoms with Gasteiger partial charge >= 0.3 is 0 Å². The summed E-state index contributed by atoms with van der Waals surface area (Å²) in [5.74, 6) is 0.776. The first-order valence-electron chi connectivity index (χ1n) is 8.99. The molecule has 25 heavy (non-hydrogen) atoms. The van der Waals surface area contributed by atoms with Crippen molar-refractivity contribution < 1.29 is 9.53 Å². The van der Waals surface area contributed by atoms with Crippen LogP contribution in [0.5, 0.6) is 5.75 Å². The normalized spacial score (nSPS) is 10.8. The van der Waals surface area contributed by atoms with Crippen molar-refractivity contribution in [2.75, 3.05) is 31.6 Å². The van der Waals surface area contributed by atoms with Gasteiger partial charge in [0, 0.05) is 17.8 Å². The molecule has 4 nitrogen and oxygen atoms in total. The van der Waals surface area contributed by atoms with Crippen molar-refractivity contribution in [3.63, 3.8) is 0 Å². The van der Waals surface area contributed by atoms with E-state index in [1.54, 1.807) is 11.3 Å². The van der Waals surface area contributed by atoms with E-state index in [-0.39, 0.29) is 5.91 Å². The van der Waals surface area contributed by atoms with Crippen LogP contribution in [0.2, 0.25) is 0 Å². The Morgan fingerprint density at radius 1 is 1.16 bits per heavy atom. The molecule has 1 N–H and O–H groups in total. The van der Waals surface area contributed by atoms with E-state index in [9.17, 15) is 4.79 Å². The second-order valence-corrected chi connectivity index (χ2v) is 6.88. The number of rotatable bonds is 11. The molecule has 2 aromatic rings. The predicted molar refractivity (Wildman–Crippen MR) is 106 cm³/mol. The van der Waals surface area contributed by atoms with Crippen molar-refractivity contribution in [3.05, 3.63) is 46.7 Å². The maximum absolute atomic E-state index is 12.2. The van der Waals surface area contributed by atoms with Gasteiger partial charge in [-0.3, -0.25) is 4.79 Å². The summed E-state index contributed by atoms with van der Waals surface area (Å²) in [6.07, 6.45) is 2.33. The molecule has 1 aromatic heterocycles. The molecule has 2 rings (SSSR count). The highest BCUT2D eigenvalue weighted by Crippen LogP contribution is 2.24. The number of benzene rings is 1. The zero-order valence-electron chi connectivity index (χ0n) is 15.2. The van der Waals surface area contributed by atoms with E-state index in [0.717, 1.165) is 43.9 Å². The van der Waals surface area contributed by atoms with Crippen LogP contribution in [-0.2, 0) is 11.2 Å². The zero-order chi connectivity index (χ0) is 17.9. The van der Waals surface area contributed by atoms with Crippen molar-refractivity contribution in [3.8, 4) is 5.75 Å². The molecule has 0 fully saturated rings. The fourth-order valence-electron chi connectivity index (χ4n) is 2.61. The van der Waals surface area contributed by atoms with Gasteiger partial charge in [-0.2, -0.15) is 0 Å². The van der Waals surface area contributed by atoms with E-state index >= 15 is 0 Å². The number of para-hydroxylation sites is 2. The molecule has 0 aliphatic heterocycles. The number of anilines is 1. The Morgan fingerprint density at radius 3 is 2.68 bits per heavy atom. The Kier molecular flexibility index (Phi) is 8.49. The Hall–Kier alpha value is -1.85. The lowest BCUT2D eigenvalue weighted by Gasteiger charge is -2.19. The van der Waals surface area contributed by atoms with E-state index in [0.29, 0.717) is 13.0 Å². The minimum absolute atomic E-state index is 0.0383. The number of carbonyl (C=O) groups excluding carboxylic acids is 1. The van der Waals surface area contributed by atoms with Crippen LogP contribution in [0, 0.1) is 0 Å². The first-order chi connectivity index (χ1) is 12.2. The minimum atomic E-state index is 0.0383. The lowest BCUT2D eigenvalue weighted by Crippen LogP contribution is -2.28. The van der Waals surface area contributed by atoms with E-state index in [1.165, 1.54) is 4.88 Å². The number of hydrogen-bond donors (Lipinski definition) is 1. The summed E-state index contributed by atoms with van der Waals surface area (Å²) in [6, 6.07) is 11.8. The number of nitrogens with zero attached hydrogens (tertiary/aromatic N) is 1. The lowest BCUT2D eigenvalue weighted by molar-refractivity contribution is -0.116. The third-order valence-corrected chi connectivity index (χ3v) is 5.06. The van der Waals surface area contributed by atoms with Crippen LogP contribution in [0.1, 0.15) is 31.6 Å². The molecule has 1 amide bonds. The summed E-state index contributed by atoms with van der Waals surface area (Å²) in [7, 11) is 0. The number of likely N-dealkylation sites (N-methyl/N-ethyl adjacent to an activating group) is 1. The lowest BCUT2D eigenvalue weighted by atomic mass is 10.2. The van der Waals surface area contributed by atoms with Crippen molar-refractivity contribution >= 4 is 22.9 Å². The average Bonchev–Trinajstić information content (AvgIpc) is 3.13. The van der Waals surface area contributed by atoms with Crippen molar-refractivity contribution in [1.29, 1.82) is 0 Å². The summed E-state index contributed by atoms with van der Waals surface area (Å²) >= 11 is 1.74. The molecule has 1 aromatic carbocycles. The molecule has 0 atom stereocenters. The second-order valence-electron chi connectivity index (χ2n) is 5.85. The number of hydrogen-bond acceptors (Lipinski definition) is 4. The van der Waals surface area contributed by atoms with Gasteiger partial charge in [0.15, 0.2) is 0 Å². The molecule has 0 saturated heterocycles. The van der Waals surface area contributed by atoms with Crippen LogP contribution in [0.15, 0.2) is 41.8 Å². The van der Waals surface area contributed by atoms with Gasteiger partial charge in [-0.25, -0.2) is 0 Å². The van der Waals surface area contributed by atoms with Crippen molar-refractivity contribution in [2.45, 2.75) is 33.1 Å². The topological polar surface area (TPSA) is 41.6 Å². The molecule has 0 spiro atoms. The SMILES string of the molecule is CCN(CC)CCOc1ccccc1NC(=O)CCCc1cccs1. The van der Waals surface area contributed by atoms with Crippen molar-refractivity contribution in [1.82, 2.24) is 4.90 Å². The molecule has 1 heterocycles. The first kappa shape index (κ1) is 19.5. The van der Waals surface area contributed by atoms with Crippen LogP contribution >= 0.6 is 11.3 Å². The molecule has 0 aliphatic carbocycles. The average molecular weight is 361 g/mol. The van der Waals surface area contributed by atoms with Crippen LogP contribution in [-0.4, -0.2) is 37.0 Å².